The molecule has 0 saturated heterocycles. The molecule has 0 amide bonds. The van der Waals surface area contributed by atoms with Gasteiger partial charge in [0.15, 0.2) is 0 Å². The van der Waals surface area contributed by atoms with Gasteiger partial charge in [0.05, 0.1) is 160 Å². The van der Waals surface area contributed by atoms with Crippen molar-refractivity contribution in [2.45, 2.75) is 25.7 Å². The molecule has 0 atom stereocenters. The minimum atomic E-state index is 0.653. The summed E-state index contributed by atoms with van der Waals surface area (Å²) in [5.74, 6) is 3.36. The van der Waals surface area contributed by atoms with Crippen LogP contribution in [0.1, 0.15) is 48.5 Å². The van der Waals surface area contributed by atoms with Gasteiger partial charge in [0, 0.05) is 70.0 Å². The summed E-state index contributed by atoms with van der Waals surface area (Å²) in [6.45, 7) is 6.74. The van der Waals surface area contributed by atoms with Gasteiger partial charge in [-0.1, -0.05) is 48.5 Å². The molecule has 5 heterocycles. The molecule has 2 aliphatic rings. The maximum Gasteiger partial charge on any atom is 0.119 e. The van der Waals surface area contributed by atoms with Gasteiger partial charge < -0.3 is 46.8 Å². The van der Waals surface area contributed by atoms with Crippen LogP contribution in [0.5, 0.6) is 23.0 Å². The number of benzene rings is 4. The average Bonchev–Trinajstić information content (AvgIpc) is 4.26. The summed E-state index contributed by atoms with van der Waals surface area (Å²) in [6, 6.07) is 42.5. The first-order valence-corrected chi connectivity index (χ1v) is 28.4. The molecule has 2 N–H and O–H groups in total. The monoisotopic (exact) mass is 1080 g/mol. The van der Waals surface area contributed by atoms with Crippen LogP contribution >= 0.6 is 0 Å². The maximum atomic E-state index is 6.29. The smallest absolute Gasteiger partial charge is 0.119 e. The minimum absolute atomic E-state index is 0.653. The molecule has 0 fully saturated rings. The van der Waals surface area contributed by atoms with Gasteiger partial charge in [0.1, 0.15) is 23.0 Å². The Morgan fingerprint density at radius 1 is 0.287 bits per heavy atom. The van der Waals surface area contributed by atoms with Crippen LogP contribution in [0, 0.1) is 0 Å². The highest BCUT2D eigenvalue weighted by Crippen LogP contribution is 2.40. The van der Waals surface area contributed by atoms with E-state index in [0.717, 1.165) is 182 Å². The van der Waals surface area contributed by atoms with Crippen LogP contribution in [0.2, 0.25) is 0 Å². The van der Waals surface area contributed by atoms with Crippen LogP contribution in [-0.2, 0) is 0 Å². The molecule has 8 bridgehead atoms. The molecule has 0 unspecified atom stereocenters. The zero-order valence-electron chi connectivity index (χ0n) is 49.7. The van der Waals surface area contributed by atoms with Crippen molar-refractivity contribution in [2.24, 2.45) is 0 Å². The molecule has 418 valence electrons. The number of aromatic nitrogens is 4. The van der Waals surface area contributed by atoms with Gasteiger partial charge in [0.25, 0.3) is 0 Å². The predicted molar refractivity (Wildman–Crippen MR) is 333 cm³/mol. The van der Waals surface area contributed by atoms with Crippen molar-refractivity contribution >= 4 is 46.4 Å². The lowest BCUT2D eigenvalue weighted by atomic mass is 10.0. The van der Waals surface area contributed by atoms with Crippen molar-refractivity contribution < 1.29 is 36.9 Å². The number of ether oxygens (including phenoxy) is 4. The number of rotatable bonds is 24. The average molecular weight is 1080 g/mol. The Balaban J connectivity index is 1.23. The second-order valence-corrected chi connectivity index (χ2v) is 25.5. The molecule has 7 aromatic rings. The van der Waals surface area contributed by atoms with Gasteiger partial charge in [0.2, 0.25) is 0 Å². The van der Waals surface area contributed by atoms with E-state index in [-0.39, 0.29) is 0 Å². The molecule has 0 spiro atoms. The number of fused-ring (bicyclic) bond motifs is 8. The predicted octanol–water partition coefficient (Wildman–Crippen LogP) is 13.2. The Bertz CT molecular complexity index is 3000. The van der Waals surface area contributed by atoms with Crippen LogP contribution in [0.15, 0.2) is 121 Å². The Kier molecular flexibility index (Phi) is 17.5. The van der Waals surface area contributed by atoms with Crippen LogP contribution in [0.4, 0.5) is 0 Å². The fourth-order valence-corrected chi connectivity index (χ4v) is 10.2. The summed E-state index contributed by atoms with van der Waals surface area (Å²) in [5, 5.41) is 0. The first kappa shape index (κ1) is 57.2. The third-order valence-corrected chi connectivity index (χ3v) is 14.3. The van der Waals surface area contributed by atoms with Gasteiger partial charge >= 0.3 is 0 Å². The molecule has 9 rings (SSSR count). The van der Waals surface area contributed by atoms with Gasteiger partial charge in [-0.05, 0) is 119 Å². The van der Waals surface area contributed by atoms with Crippen molar-refractivity contribution in [1.29, 1.82) is 0 Å². The second-order valence-electron chi connectivity index (χ2n) is 25.5. The van der Waals surface area contributed by atoms with Crippen LogP contribution < -0.4 is 18.9 Å². The van der Waals surface area contributed by atoms with Crippen molar-refractivity contribution in [1.82, 2.24) is 19.9 Å². The standard InChI is InChI=1S/C68H86N8O4/c1-73(2,3)41-13-45-77-53-25-17-49(18-26-53)65-57-33-35-59(69-57)66(50-19-27-54(28-20-50)78-46-14-42-74(4,5)6)61-37-39-63(71-61)68(52-23-31-56(32-24-52)80-48-16-44-76(10,11)12)64-40-38-62(72-64)67(60-36-34-58(65)70-60)51-21-29-55(30-22-51)79-47-15-43-75(7,8)9/h17-40,69,72H,13-16,41-48H2,1-12H3/q+4. The molecular formula is C68H86N8O4+4. The fourth-order valence-electron chi connectivity index (χ4n) is 10.2. The van der Waals surface area contributed by atoms with Crippen LogP contribution in [-0.4, -0.2) is 175 Å². The fraction of sp³-hybridized carbons (Fsp3) is 0.353. The first-order valence-electron chi connectivity index (χ1n) is 28.4. The van der Waals surface area contributed by atoms with Gasteiger partial charge in [-0.25, -0.2) is 9.97 Å². The Labute approximate surface area is 475 Å². The van der Waals surface area contributed by atoms with Gasteiger partial charge in [-0.15, -0.1) is 0 Å². The van der Waals surface area contributed by atoms with Gasteiger partial charge in [-0.2, -0.15) is 0 Å². The molecule has 4 aromatic carbocycles. The molecule has 3 aromatic heterocycles. The van der Waals surface area contributed by atoms with E-state index in [1.54, 1.807) is 0 Å². The topological polar surface area (TPSA) is 94.3 Å². The Hall–Kier alpha value is -7.48. The number of H-pyrrole nitrogens is 2. The largest absolute Gasteiger partial charge is 0.493 e. The third-order valence-electron chi connectivity index (χ3n) is 14.3. The zero-order valence-corrected chi connectivity index (χ0v) is 49.7. The zero-order chi connectivity index (χ0) is 56.7. The van der Waals surface area contributed by atoms with Gasteiger partial charge in [-0.3, -0.25) is 0 Å². The van der Waals surface area contributed by atoms with Crippen molar-refractivity contribution in [3.63, 3.8) is 0 Å². The molecule has 12 nitrogen and oxygen atoms in total. The van der Waals surface area contributed by atoms with Crippen molar-refractivity contribution in [3.8, 4) is 67.5 Å². The molecule has 0 aliphatic carbocycles. The molecule has 2 aliphatic heterocycles. The first-order chi connectivity index (χ1) is 38.1. The normalized spacial score (nSPS) is 12.8. The molecule has 0 saturated carbocycles. The lowest BCUT2D eigenvalue weighted by Crippen LogP contribution is -2.36. The molecule has 80 heavy (non-hydrogen) atoms. The second kappa shape index (κ2) is 24.5. The highest BCUT2D eigenvalue weighted by molar-refractivity contribution is 6.00. The number of hydrogen-bond donors (Lipinski definition) is 2. The van der Waals surface area contributed by atoms with Crippen molar-refractivity contribution in [2.75, 3.05) is 137 Å². The molecular weight excluding hydrogens is 993 g/mol. The van der Waals surface area contributed by atoms with E-state index >= 15 is 0 Å². The van der Waals surface area contributed by atoms with E-state index in [2.05, 4.69) is 240 Å². The molecule has 12 heteroatoms. The highest BCUT2D eigenvalue weighted by Gasteiger charge is 2.21. The number of quaternary nitrogens is 4. The number of hydrogen-bond acceptors (Lipinski definition) is 6. The lowest BCUT2D eigenvalue weighted by Gasteiger charge is -2.23. The number of nitrogens with zero attached hydrogens (tertiary/aromatic N) is 6. The Morgan fingerprint density at radius 3 is 0.675 bits per heavy atom. The van der Waals surface area contributed by atoms with Crippen LogP contribution in [0.3, 0.4) is 0 Å². The maximum absolute atomic E-state index is 6.29. The van der Waals surface area contributed by atoms with E-state index < -0.39 is 0 Å². The third kappa shape index (κ3) is 15.5. The summed E-state index contributed by atoms with van der Waals surface area (Å²) >= 11 is 0. The molecule has 0 radical (unpaired) electrons. The van der Waals surface area contributed by atoms with E-state index in [0.29, 0.717) is 26.4 Å². The summed E-state index contributed by atoms with van der Waals surface area (Å²) in [7, 11) is 26.5. The minimum Gasteiger partial charge on any atom is -0.493 e. The SMILES string of the molecule is C[N+](C)(C)CCCOc1ccc(-c2c3nc(c(-c4ccc(OCCC[N+](C)(C)C)cc4)c4ccc([nH]4)c(-c4ccc(OCCC[N+](C)(C)C)cc4)c4nc(c(-c5ccc(OCCC[N+](C)(C)C)cc5)c5ccc2[nH]5)C=C4)C=C3)cc1. The summed E-state index contributed by atoms with van der Waals surface area (Å²) < 4.78 is 28.8. The van der Waals surface area contributed by atoms with E-state index in [1.807, 2.05) is 0 Å². The summed E-state index contributed by atoms with van der Waals surface area (Å²) in [6.07, 6.45) is 12.4. The van der Waals surface area contributed by atoms with E-state index in [4.69, 9.17) is 28.9 Å². The highest BCUT2D eigenvalue weighted by atomic mass is 16.5. The van der Waals surface area contributed by atoms with E-state index in [9.17, 15) is 0 Å². The van der Waals surface area contributed by atoms with E-state index in [1.165, 1.54) is 0 Å². The lowest BCUT2D eigenvalue weighted by molar-refractivity contribution is -0.870. The quantitative estimate of drug-likeness (QED) is 0.0462. The Morgan fingerprint density at radius 2 is 0.487 bits per heavy atom. The number of aromatic amines is 2. The van der Waals surface area contributed by atoms with Crippen LogP contribution in [0.25, 0.3) is 90.9 Å². The number of nitrogens with one attached hydrogen (secondary N) is 2. The summed E-state index contributed by atoms with van der Waals surface area (Å²) in [5.41, 5.74) is 15.0. The van der Waals surface area contributed by atoms with Crippen molar-refractivity contribution in [3.05, 3.63) is 144 Å². The summed E-state index contributed by atoms with van der Waals surface area (Å²) in [4.78, 5) is 19.0.